The molecule has 1 aliphatic rings. The fourth-order valence-electron chi connectivity index (χ4n) is 2.75. The van der Waals surface area contributed by atoms with Crippen molar-refractivity contribution in [1.29, 1.82) is 0 Å². The molecule has 0 radical (unpaired) electrons. The summed E-state index contributed by atoms with van der Waals surface area (Å²) in [5.41, 5.74) is 9.75. The molecule has 0 amide bonds. The maximum Gasteiger partial charge on any atom is 0.231 e. The highest BCUT2D eigenvalue weighted by Crippen LogP contribution is 2.35. The first kappa shape index (κ1) is 14.0. The molecule has 2 aromatic carbocycles. The van der Waals surface area contributed by atoms with Crippen molar-refractivity contribution in [1.82, 2.24) is 0 Å². The molecule has 0 aromatic heterocycles. The lowest BCUT2D eigenvalue weighted by molar-refractivity contribution is 0.174. The molecule has 1 heterocycles. The van der Waals surface area contributed by atoms with Crippen LogP contribution in [0.1, 0.15) is 23.6 Å². The molecule has 1 aliphatic heterocycles. The van der Waals surface area contributed by atoms with E-state index in [-0.39, 0.29) is 5.41 Å². The summed E-state index contributed by atoms with van der Waals surface area (Å²) in [6, 6.07) is 14.8. The Hall–Kier alpha value is -2.00. The third kappa shape index (κ3) is 2.74. The van der Waals surface area contributed by atoms with Crippen LogP contribution >= 0.6 is 0 Å². The van der Waals surface area contributed by atoms with E-state index >= 15 is 0 Å². The minimum absolute atomic E-state index is 0.0819. The zero-order chi connectivity index (χ0) is 14.9. The fourth-order valence-corrected chi connectivity index (χ4v) is 2.75. The van der Waals surface area contributed by atoms with Gasteiger partial charge in [0.05, 0.1) is 0 Å². The maximum absolute atomic E-state index is 6.08. The van der Waals surface area contributed by atoms with Crippen LogP contribution in [-0.2, 0) is 11.8 Å². The highest BCUT2D eigenvalue weighted by atomic mass is 16.7. The van der Waals surface area contributed by atoms with Gasteiger partial charge in [-0.05, 0) is 36.6 Å². The summed E-state index contributed by atoms with van der Waals surface area (Å²) in [6.45, 7) is 5.22. The molecule has 0 fully saturated rings. The Morgan fingerprint density at radius 3 is 2.48 bits per heavy atom. The smallest absolute Gasteiger partial charge is 0.231 e. The summed E-state index contributed by atoms with van der Waals surface area (Å²) in [5.74, 6) is 1.65. The molecular weight excluding hydrogens is 262 g/mol. The first-order valence-corrected chi connectivity index (χ1v) is 7.26. The second-order valence-corrected chi connectivity index (χ2v) is 6.00. The minimum atomic E-state index is -0.0819. The molecule has 0 aliphatic carbocycles. The number of fused-ring (bicyclic) bond motifs is 1. The molecule has 0 bridgehead atoms. The first-order chi connectivity index (χ1) is 10.1. The van der Waals surface area contributed by atoms with Gasteiger partial charge in [-0.25, -0.2) is 0 Å². The van der Waals surface area contributed by atoms with Crippen LogP contribution < -0.4 is 15.2 Å². The molecule has 1 unspecified atom stereocenters. The van der Waals surface area contributed by atoms with Gasteiger partial charge in [0.15, 0.2) is 11.5 Å². The first-order valence-electron chi connectivity index (χ1n) is 7.26. The summed E-state index contributed by atoms with van der Waals surface area (Å²) in [7, 11) is 0. The number of hydrogen-bond acceptors (Lipinski definition) is 3. The van der Waals surface area contributed by atoms with Crippen molar-refractivity contribution in [2.75, 3.05) is 13.3 Å². The molecule has 1 atom stereocenters. The highest BCUT2D eigenvalue weighted by molar-refractivity contribution is 5.45. The van der Waals surface area contributed by atoms with Crippen LogP contribution in [0, 0.1) is 6.92 Å². The van der Waals surface area contributed by atoms with Gasteiger partial charge in [-0.2, -0.15) is 0 Å². The van der Waals surface area contributed by atoms with Crippen LogP contribution in [0.25, 0.3) is 0 Å². The molecule has 3 heteroatoms. The summed E-state index contributed by atoms with van der Waals surface area (Å²) >= 11 is 0. The second-order valence-electron chi connectivity index (χ2n) is 6.00. The van der Waals surface area contributed by atoms with E-state index in [0.29, 0.717) is 13.3 Å². The average Bonchev–Trinajstić information content (AvgIpc) is 2.95. The van der Waals surface area contributed by atoms with E-state index in [2.05, 4.69) is 50.2 Å². The zero-order valence-electron chi connectivity index (χ0n) is 12.6. The maximum atomic E-state index is 6.08. The van der Waals surface area contributed by atoms with Gasteiger partial charge in [-0.15, -0.1) is 0 Å². The van der Waals surface area contributed by atoms with Gasteiger partial charge in [-0.1, -0.05) is 42.8 Å². The van der Waals surface area contributed by atoms with E-state index in [0.717, 1.165) is 17.9 Å². The normalized spacial score (nSPS) is 15.8. The SMILES string of the molecule is Cc1ccc(C(C)(CN)Cc2ccc3c(c2)OCO3)cc1. The van der Waals surface area contributed by atoms with E-state index in [1.807, 2.05) is 6.07 Å². The second kappa shape index (κ2) is 5.41. The number of benzene rings is 2. The Labute approximate surface area is 125 Å². The zero-order valence-corrected chi connectivity index (χ0v) is 12.6. The summed E-state index contributed by atoms with van der Waals surface area (Å²) in [6.07, 6.45) is 0.878. The van der Waals surface area contributed by atoms with E-state index in [1.54, 1.807) is 0 Å². The van der Waals surface area contributed by atoms with Crippen LogP contribution in [0.15, 0.2) is 42.5 Å². The number of hydrogen-bond donors (Lipinski definition) is 1. The van der Waals surface area contributed by atoms with Crippen molar-refractivity contribution < 1.29 is 9.47 Å². The third-order valence-corrected chi connectivity index (χ3v) is 4.23. The van der Waals surface area contributed by atoms with Crippen LogP contribution in [0.2, 0.25) is 0 Å². The molecule has 0 saturated carbocycles. The number of rotatable bonds is 4. The van der Waals surface area contributed by atoms with E-state index in [9.17, 15) is 0 Å². The summed E-state index contributed by atoms with van der Waals surface area (Å²) in [4.78, 5) is 0. The predicted octanol–water partition coefficient (Wildman–Crippen LogP) is 3.18. The molecule has 110 valence electrons. The van der Waals surface area contributed by atoms with Crippen molar-refractivity contribution in [3.8, 4) is 11.5 Å². The van der Waals surface area contributed by atoms with Gasteiger partial charge < -0.3 is 15.2 Å². The molecule has 3 nitrogen and oxygen atoms in total. The van der Waals surface area contributed by atoms with Crippen molar-refractivity contribution in [2.45, 2.75) is 25.7 Å². The standard InChI is InChI=1S/C18H21NO2/c1-13-3-6-15(7-4-13)18(2,11-19)10-14-5-8-16-17(9-14)21-12-20-16/h3-9H,10-12,19H2,1-2H3. The lowest BCUT2D eigenvalue weighted by Gasteiger charge is -2.29. The topological polar surface area (TPSA) is 44.5 Å². The van der Waals surface area contributed by atoms with Crippen molar-refractivity contribution >= 4 is 0 Å². The molecule has 0 saturated heterocycles. The van der Waals surface area contributed by atoms with Gasteiger partial charge in [0.2, 0.25) is 6.79 Å². The third-order valence-electron chi connectivity index (χ3n) is 4.23. The average molecular weight is 283 g/mol. The lowest BCUT2D eigenvalue weighted by atomic mass is 9.77. The number of aryl methyl sites for hydroxylation is 1. The molecule has 21 heavy (non-hydrogen) atoms. The van der Waals surface area contributed by atoms with Crippen LogP contribution in [0.3, 0.4) is 0 Å². The van der Waals surface area contributed by atoms with Crippen LogP contribution in [0.5, 0.6) is 11.5 Å². The van der Waals surface area contributed by atoms with Gasteiger partial charge >= 0.3 is 0 Å². The van der Waals surface area contributed by atoms with Gasteiger partial charge in [0, 0.05) is 12.0 Å². The Morgan fingerprint density at radius 1 is 1.05 bits per heavy atom. The largest absolute Gasteiger partial charge is 0.454 e. The number of ether oxygens (including phenoxy) is 2. The Bertz CT molecular complexity index is 636. The Kier molecular flexibility index (Phi) is 3.60. The van der Waals surface area contributed by atoms with Crippen molar-refractivity contribution in [3.63, 3.8) is 0 Å². The van der Waals surface area contributed by atoms with E-state index in [1.165, 1.54) is 16.7 Å². The molecule has 2 N–H and O–H groups in total. The van der Waals surface area contributed by atoms with E-state index < -0.39 is 0 Å². The van der Waals surface area contributed by atoms with Crippen LogP contribution in [-0.4, -0.2) is 13.3 Å². The summed E-state index contributed by atoms with van der Waals surface area (Å²) in [5, 5.41) is 0. The van der Waals surface area contributed by atoms with Gasteiger partial charge in [0.1, 0.15) is 0 Å². The molecular formula is C18H21NO2. The minimum Gasteiger partial charge on any atom is -0.454 e. The quantitative estimate of drug-likeness (QED) is 0.937. The van der Waals surface area contributed by atoms with Crippen LogP contribution in [0.4, 0.5) is 0 Å². The summed E-state index contributed by atoms with van der Waals surface area (Å²) < 4.78 is 10.8. The Morgan fingerprint density at radius 2 is 1.76 bits per heavy atom. The van der Waals surface area contributed by atoms with E-state index in [4.69, 9.17) is 15.2 Å². The highest BCUT2D eigenvalue weighted by Gasteiger charge is 2.26. The van der Waals surface area contributed by atoms with Gasteiger partial charge in [0.25, 0.3) is 0 Å². The van der Waals surface area contributed by atoms with Crippen molar-refractivity contribution in [3.05, 3.63) is 59.2 Å². The van der Waals surface area contributed by atoms with Gasteiger partial charge in [-0.3, -0.25) is 0 Å². The monoisotopic (exact) mass is 283 g/mol. The molecule has 2 aromatic rings. The number of nitrogens with two attached hydrogens (primary N) is 1. The molecule has 0 spiro atoms. The lowest BCUT2D eigenvalue weighted by Crippen LogP contribution is -2.34. The predicted molar refractivity (Wildman–Crippen MR) is 83.9 cm³/mol. The Balaban J connectivity index is 1.88. The fraction of sp³-hybridized carbons (Fsp3) is 0.333. The van der Waals surface area contributed by atoms with Crippen molar-refractivity contribution in [2.24, 2.45) is 5.73 Å². The molecule has 3 rings (SSSR count).